The van der Waals surface area contributed by atoms with Gasteiger partial charge in [-0.05, 0) is 25.0 Å². The first-order valence-corrected chi connectivity index (χ1v) is 10.9. The van der Waals surface area contributed by atoms with Gasteiger partial charge in [0.15, 0.2) is 6.17 Å². The van der Waals surface area contributed by atoms with Gasteiger partial charge in [-0.3, -0.25) is 14.7 Å². The number of nitrogens with one attached hydrogen (secondary N) is 1. The van der Waals surface area contributed by atoms with Gasteiger partial charge in [-0.25, -0.2) is 0 Å². The largest absolute Gasteiger partial charge is 0.329 e. The van der Waals surface area contributed by atoms with Crippen LogP contribution >= 0.6 is 0 Å². The SMILES string of the molecule is C=C1C(NC(=O)CCc2ccccc2)N=C(c2ccccc2)c2ccccc2N1/C(C)=N\N. The molecule has 3 aromatic rings. The quantitative estimate of drug-likeness (QED) is 0.271. The first-order chi connectivity index (χ1) is 16.1. The number of nitrogens with zero attached hydrogens (tertiary/aromatic N) is 3. The van der Waals surface area contributed by atoms with Crippen molar-refractivity contribution in [1.29, 1.82) is 0 Å². The van der Waals surface area contributed by atoms with Crippen molar-refractivity contribution in [3.8, 4) is 0 Å². The molecular formula is C27H27N5O. The fourth-order valence-corrected chi connectivity index (χ4v) is 3.93. The van der Waals surface area contributed by atoms with E-state index in [1.54, 1.807) is 0 Å². The van der Waals surface area contributed by atoms with Crippen LogP contribution in [0.1, 0.15) is 30.0 Å². The Morgan fingerprint density at radius 1 is 1.03 bits per heavy atom. The zero-order valence-electron chi connectivity index (χ0n) is 18.6. The standard InChI is InChI=1S/C27H27N5O/c1-19-27(29-25(33)18-17-21-11-5-3-6-12-21)30-26(22-13-7-4-8-14-22)23-15-9-10-16-24(23)32(19)20(2)31-28/h3-16,27H,1,17-18,28H2,2H3,(H,29,33)/b31-20-. The van der Waals surface area contributed by atoms with Crippen LogP contribution in [0.25, 0.3) is 0 Å². The summed E-state index contributed by atoms with van der Waals surface area (Å²) < 4.78 is 0. The van der Waals surface area contributed by atoms with E-state index in [1.165, 1.54) is 0 Å². The van der Waals surface area contributed by atoms with E-state index in [1.807, 2.05) is 96.8 Å². The van der Waals surface area contributed by atoms with E-state index in [9.17, 15) is 4.79 Å². The third-order valence-corrected chi connectivity index (χ3v) is 5.60. The highest BCUT2D eigenvalue weighted by atomic mass is 16.1. The Hall–Kier alpha value is -4.19. The van der Waals surface area contributed by atoms with Crippen molar-refractivity contribution in [3.63, 3.8) is 0 Å². The van der Waals surface area contributed by atoms with Crippen LogP contribution in [0, 0.1) is 0 Å². The van der Waals surface area contributed by atoms with E-state index < -0.39 is 6.17 Å². The van der Waals surface area contributed by atoms with Gasteiger partial charge in [0.05, 0.1) is 17.1 Å². The van der Waals surface area contributed by atoms with Gasteiger partial charge < -0.3 is 11.2 Å². The third-order valence-electron chi connectivity index (χ3n) is 5.60. The number of benzodiazepines with no additional fused rings is 1. The summed E-state index contributed by atoms with van der Waals surface area (Å²) in [4.78, 5) is 19.7. The maximum Gasteiger partial charge on any atom is 0.222 e. The second-order valence-electron chi connectivity index (χ2n) is 7.82. The Morgan fingerprint density at radius 2 is 1.67 bits per heavy atom. The highest BCUT2D eigenvalue weighted by Gasteiger charge is 2.30. The Morgan fingerprint density at radius 3 is 2.36 bits per heavy atom. The summed E-state index contributed by atoms with van der Waals surface area (Å²) in [6.45, 7) is 6.08. The van der Waals surface area contributed by atoms with Crippen molar-refractivity contribution in [2.45, 2.75) is 25.9 Å². The van der Waals surface area contributed by atoms with Crippen molar-refractivity contribution in [2.75, 3.05) is 4.90 Å². The number of carbonyl (C=O) groups excluding carboxylic acids is 1. The number of anilines is 1. The van der Waals surface area contributed by atoms with Gasteiger partial charge in [0, 0.05) is 17.5 Å². The molecule has 3 N–H and O–H groups in total. The Bertz CT molecular complexity index is 1200. The number of aliphatic imine (C=N–C) groups is 1. The van der Waals surface area contributed by atoms with Gasteiger partial charge >= 0.3 is 0 Å². The summed E-state index contributed by atoms with van der Waals surface area (Å²) in [7, 11) is 0. The summed E-state index contributed by atoms with van der Waals surface area (Å²) in [5, 5.41) is 6.97. The number of fused-ring (bicyclic) bond motifs is 1. The molecule has 3 aromatic carbocycles. The van der Waals surface area contributed by atoms with E-state index in [2.05, 4.69) is 17.0 Å². The molecule has 0 aliphatic carbocycles. The van der Waals surface area contributed by atoms with Crippen molar-refractivity contribution in [1.82, 2.24) is 5.32 Å². The number of para-hydroxylation sites is 1. The fourth-order valence-electron chi connectivity index (χ4n) is 3.93. The van der Waals surface area contributed by atoms with E-state index in [0.29, 0.717) is 24.4 Å². The molecular weight excluding hydrogens is 410 g/mol. The van der Waals surface area contributed by atoms with Gasteiger partial charge in [-0.15, -0.1) is 0 Å². The number of hydrogen-bond donors (Lipinski definition) is 2. The van der Waals surface area contributed by atoms with Crippen LogP contribution in [-0.2, 0) is 11.2 Å². The number of aryl methyl sites for hydroxylation is 1. The number of hydrogen-bond acceptors (Lipinski definition) is 4. The van der Waals surface area contributed by atoms with Crippen LogP contribution in [-0.4, -0.2) is 23.6 Å². The molecule has 0 radical (unpaired) electrons. The highest BCUT2D eigenvalue weighted by molar-refractivity contribution is 6.19. The smallest absolute Gasteiger partial charge is 0.222 e. The Balaban J connectivity index is 1.71. The Kier molecular flexibility index (Phi) is 6.64. The van der Waals surface area contributed by atoms with Crippen LogP contribution < -0.4 is 16.1 Å². The lowest BCUT2D eigenvalue weighted by atomic mass is 10.0. The maximum atomic E-state index is 12.9. The lowest BCUT2D eigenvalue weighted by Crippen LogP contribution is -2.42. The van der Waals surface area contributed by atoms with Crippen LogP contribution in [0.3, 0.4) is 0 Å². The number of amidine groups is 1. The maximum absolute atomic E-state index is 12.9. The molecule has 33 heavy (non-hydrogen) atoms. The Labute approximate surface area is 194 Å². The van der Waals surface area contributed by atoms with Crippen LogP contribution in [0.4, 0.5) is 5.69 Å². The minimum atomic E-state index is -0.674. The number of benzene rings is 3. The third kappa shape index (κ3) is 4.85. The van der Waals surface area contributed by atoms with Gasteiger partial charge in [-0.2, -0.15) is 5.10 Å². The summed E-state index contributed by atoms with van der Waals surface area (Å²) in [6, 6.07) is 27.8. The molecule has 1 aliphatic rings. The van der Waals surface area contributed by atoms with Gasteiger partial charge in [-0.1, -0.05) is 85.4 Å². The van der Waals surface area contributed by atoms with Crippen LogP contribution in [0.5, 0.6) is 0 Å². The number of amides is 1. The van der Waals surface area contributed by atoms with Crippen molar-refractivity contribution >= 4 is 23.1 Å². The van der Waals surface area contributed by atoms with Gasteiger partial charge in [0.1, 0.15) is 5.84 Å². The molecule has 0 saturated heterocycles. The average Bonchev–Trinajstić information content (AvgIpc) is 2.98. The fraction of sp³-hybridized carbons (Fsp3) is 0.148. The minimum absolute atomic E-state index is 0.102. The second-order valence-corrected chi connectivity index (χ2v) is 7.82. The lowest BCUT2D eigenvalue weighted by Gasteiger charge is -2.28. The molecule has 1 aliphatic heterocycles. The predicted octanol–water partition coefficient (Wildman–Crippen LogP) is 4.22. The molecule has 4 rings (SSSR count). The zero-order chi connectivity index (χ0) is 23.2. The molecule has 1 heterocycles. The highest BCUT2D eigenvalue weighted by Crippen LogP contribution is 2.32. The minimum Gasteiger partial charge on any atom is -0.329 e. The molecule has 0 spiro atoms. The average molecular weight is 438 g/mol. The van der Waals surface area contributed by atoms with Gasteiger partial charge in [0.2, 0.25) is 5.91 Å². The first-order valence-electron chi connectivity index (χ1n) is 10.9. The molecule has 0 bridgehead atoms. The monoisotopic (exact) mass is 437 g/mol. The predicted molar refractivity (Wildman–Crippen MR) is 134 cm³/mol. The van der Waals surface area contributed by atoms with E-state index in [-0.39, 0.29) is 5.91 Å². The molecule has 1 amide bonds. The summed E-state index contributed by atoms with van der Waals surface area (Å²) in [6.07, 6.45) is 0.322. The van der Waals surface area contributed by atoms with Gasteiger partial charge in [0.25, 0.3) is 0 Å². The van der Waals surface area contributed by atoms with Crippen LogP contribution in [0.2, 0.25) is 0 Å². The molecule has 0 saturated carbocycles. The molecule has 1 unspecified atom stereocenters. The van der Waals surface area contributed by atoms with Crippen molar-refractivity contribution in [2.24, 2.45) is 15.9 Å². The van der Waals surface area contributed by atoms with E-state index in [4.69, 9.17) is 10.8 Å². The normalized spacial score (nSPS) is 16.0. The molecule has 166 valence electrons. The molecule has 1 atom stereocenters. The zero-order valence-corrected chi connectivity index (χ0v) is 18.6. The second kappa shape index (κ2) is 9.96. The molecule has 6 heteroatoms. The lowest BCUT2D eigenvalue weighted by molar-refractivity contribution is -0.121. The number of carbonyl (C=O) groups is 1. The summed E-state index contributed by atoms with van der Waals surface area (Å²) >= 11 is 0. The molecule has 0 fully saturated rings. The number of rotatable bonds is 5. The van der Waals surface area contributed by atoms with Crippen molar-refractivity contribution in [3.05, 3.63) is 114 Å². The van der Waals surface area contributed by atoms with Crippen LogP contribution in [0.15, 0.2) is 107 Å². The number of hydrazone groups is 1. The first kappa shape index (κ1) is 22.0. The topological polar surface area (TPSA) is 83.1 Å². The van der Waals surface area contributed by atoms with Crippen molar-refractivity contribution < 1.29 is 4.79 Å². The summed E-state index contributed by atoms with van der Waals surface area (Å²) in [5.41, 5.74) is 5.18. The van der Waals surface area contributed by atoms with E-state index >= 15 is 0 Å². The van der Waals surface area contributed by atoms with E-state index in [0.717, 1.165) is 28.1 Å². The molecule has 6 nitrogen and oxygen atoms in total. The number of nitrogens with two attached hydrogens (primary N) is 1. The summed E-state index contributed by atoms with van der Waals surface area (Å²) in [5.74, 6) is 6.11. The molecule has 0 aromatic heterocycles.